The Kier molecular flexibility index (Phi) is 6.16. The van der Waals surface area contributed by atoms with E-state index in [0.29, 0.717) is 0 Å². The van der Waals surface area contributed by atoms with Crippen LogP contribution in [0.15, 0.2) is 54.6 Å². The van der Waals surface area contributed by atoms with Crippen molar-refractivity contribution in [3.8, 4) is 5.75 Å². The minimum absolute atomic E-state index is 0.964. The molecular weight excluding hydrogens is 244 g/mol. The van der Waals surface area contributed by atoms with Crippen molar-refractivity contribution in [2.24, 2.45) is 0 Å². The topological polar surface area (TPSA) is 9.23 Å². The SMILES string of the molecule is COc1cccc(CCCCCCc2ccccc2)c1. The maximum Gasteiger partial charge on any atom is 0.119 e. The molecule has 1 heteroatoms. The molecule has 1 nitrogen and oxygen atoms in total. The quantitative estimate of drug-likeness (QED) is 0.609. The first-order chi connectivity index (χ1) is 9.88. The van der Waals surface area contributed by atoms with Crippen molar-refractivity contribution in [2.75, 3.05) is 7.11 Å². The summed E-state index contributed by atoms with van der Waals surface area (Å²) in [5, 5.41) is 0. The van der Waals surface area contributed by atoms with Crippen LogP contribution in [0.25, 0.3) is 0 Å². The zero-order valence-corrected chi connectivity index (χ0v) is 12.3. The lowest BCUT2D eigenvalue weighted by molar-refractivity contribution is 0.414. The van der Waals surface area contributed by atoms with E-state index >= 15 is 0 Å². The van der Waals surface area contributed by atoms with Gasteiger partial charge in [-0.1, -0.05) is 55.3 Å². The highest BCUT2D eigenvalue weighted by molar-refractivity contribution is 5.28. The van der Waals surface area contributed by atoms with Gasteiger partial charge in [-0.15, -0.1) is 0 Å². The number of rotatable bonds is 8. The number of aryl methyl sites for hydroxylation is 2. The molecule has 0 unspecified atom stereocenters. The lowest BCUT2D eigenvalue weighted by Gasteiger charge is -2.05. The molecule has 0 N–H and O–H groups in total. The fraction of sp³-hybridized carbons (Fsp3) is 0.368. The summed E-state index contributed by atoms with van der Waals surface area (Å²) in [6.07, 6.45) is 7.55. The lowest BCUT2D eigenvalue weighted by atomic mass is 10.0. The van der Waals surface area contributed by atoms with Gasteiger partial charge >= 0.3 is 0 Å². The summed E-state index contributed by atoms with van der Waals surface area (Å²) in [6.45, 7) is 0. The van der Waals surface area contributed by atoms with Crippen molar-refractivity contribution >= 4 is 0 Å². The first kappa shape index (κ1) is 14.6. The van der Waals surface area contributed by atoms with E-state index in [2.05, 4.69) is 48.5 Å². The van der Waals surface area contributed by atoms with Gasteiger partial charge in [-0.3, -0.25) is 0 Å². The van der Waals surface area contributed by atoms with E-state index in [-0.39, 0.29) is 0 Å². The number of hydrogen-bond acceptors (Lipinski definition) is 1. The van der Waals surface area contributed by atoms with Gasteiger partial charge in [-0.2, -0.15) is 0 Å². The number of unbranched alkanes of at least 4 members (excludes halogenated alkanes) is 3. The molecule has 2 aromatic carbocycles. The Bertz CT molecular complexity index is 490. The van der Waals surface area contributed by atoms with E-state index < -0.39 is 0 Å². The van der Waals surface area contributed by atoms with E-state index in [1.54, 1.807) is 7.11 Å². The third-order valence-corrected chi connectivity index (χ3v) is 3.66. The first-order valence-corrected chi connectivity index (χ1v) is 7.55. The second-order valence-corrected chi connectivity index (χ2v) is 5.25. The van der Waals surface area contributed by atoms with Crippen molar-refractivity contribution in [3.63, 3.8) is 0 Å². The fourth-order valence-electron chi connectivity index (χ4n) is 2.48. The van der Waals surface area contributed by atoms with Crippen molar-refractivity contribution in [1.82, 2.24) is 0 Å². The second kappa shape index (κ2) is 8.42. The summed E-state index contributed by atoms with van der Waals surface area (Å²) in [5.74, 6) is 0.964. The van der Waals surface area contributed by atoms with Crippen LogP contribution in [0, 0.1) is 0 Å². The molecule has 2 rings (SSSR count). The summed E-state index contributed by atoms with van der Waals surface area (Å²) in [5.41, 5.74) is 2.84. The molecule has 0 saturated heterocycles. The molecule has 0 atom stereocenters. The van der Waals surface area contributed by atoms with Gasteiger partial charge in [-0.05, 0) is 48.9 Å². The van der Waals surface area contributed by atoms with Crippen molar-refractivity contribution in [2.45, 2.75) is 38.5 Å². The van der Waals surface area contributed by atoms with Gasteiger partial charge in [0.05, 0.1) is 7.11 Å². The summed E-state index contributed by atoms with van der Waals surface area (Å²) in [6, 6.07) is 19.2. The molecule has 0 bridgehead atoms. The Labute approximate surface area is 122 Å². The van der Waals surface area contributed by atoms with E-state index in [0.717, 1.165) is 12.2 Å². The average Bonchev–Trinajstić information content (AvgIpc) is 2.52. The Morgan fingerprint density at radius 3 is 2.05 bits per heavy atom. The molecule has 0 saturated carbocycles. The van der Waals surface area contributed by atoms with E-state index in [4.69, 9.17) is 4.74 Å². The van der Waals surface area contributed by atoms with E-state index in [1.807, 2.05) is 6.07 Å². The standard InChI is InChI=1S/C19H24O/c1-20-19-15-9-14-18(16-19)13-6-3-2-5-10-17-11-7-4-8-12-17/h4,7-9,11-12,14-16H,2-3,5-6,10,13H2,1H3. The van der Waals surface area contributed by atoms with Gasteiger partial charge in [0.1, 0.15) is 5.75 Å². The maximum atomic E-state index is 5.25. The van der Waals surface area contributed by atoms with Crippen molar-refractivity contribution in [1.29, 1.82) is 0 Å². The van der Waals surface area contributed by atoms with Crippen LogP contribution in [-0.4, -0.2) is 7.11 Å². The molecule has 0 aromatic heterocycles. The average molecular weight is 268 g/mol. The summed E-state index contributed by atoms with van der Waals surface area (Å²) in [4.78, 5) is 0. The van der Waals surface area contributed by atoms with Crippen molar-refractivity contribution < 1.29 is 4.74 Å². The van der Waals surface area contributed by atoms with Gasteiger partial charge in [-0.25, -0.2) is 0 Å². The van der Waals surface area contributed by atoms with Gasteiger partial charge < -0.3 is 4.74 Å². The van der Waals surface area contributed by atoms with Crippen LogP contribution in [0.5, 0.6) is 5.75 Å². The number of hydrogen-bond donors (Lipinski definition) is 0. The van der Waals surface area contributed by atoms with Gasteiger partial charge in [0, 0.05) is 0 Å². The Morgan fingerprint density at radius 2 is 1.35 bits per heavy atom. The molecule has 0 aliphatic rings. The van der Waals surface area contributed by atoms with Crippen LogP contribution >= 0.6 is 0 Å². The van der Waals surface area contributed by atoms with E-state index in [9.17, 15) is 0 Å². The van der Waals surface area contributed by atoms with Gasteiger partial charge in [0.2, 0.25) is 0 Å². The second-order valence-electron chi connectivity index (χ2n) is 5.25. The molecule has 0 fully saturated rings. The predicted molar refractivity (Wildman–Crippen MR) is 85.3 cm³/mol. The normalized spacial score (nSPS) is 10.4. The van der Waals surface area contributed by atoms with Crippen LogP contribution in [0.4, 0.5) is 0 Å². The molecule has 0 radical (unpaired) electrons. The smallest absolute Gasteiger partial charge is 0.119 e. The van der Waals surface area contributed by atoms with Crippen LogP contribution in [0.1, 0.15) is 36.8 Å². The van der Waals surface area contributed by atoms with Crippen LogP contribution < -0.4 is 4.74 Å². The highest BCUT2D eigenvalue weighted by atomic mass is 16.5. The summed E-state index contributed by atoms with van der Waals surface area (Å²) >= 11 is 0. The highest BCUT2D eigenvalue weighted by Crippen LogP contribution is 2.15. The Hall–Kier alpha value is -1.76. The van der Waals surface area contributed by atoms with Gasteiger partial charge in [0.25, 0.3) is 0 Å². The molecule has 0 spiro atoms. The monoisotopic (exact) mass is 268 g/mol. The highest BCUT2D eigenvalue weighted by Gasteiger charge is 1.97. The van der Waals surface area contributed by atoms with Crippen molar-refractivity contribution in [3.05, 3.63) is 65.7 Å². The summed E-state index contributed by atoms with van der Waals surface area (Å²) < 4.78 is 5.25. The predicted octanol–water partition coefficient (Wildman–Crippen LogP) is 5.04. The number of benzene rings is 2. The summed E-state index contributed by atoms with van der Waals surface area (Å²) in [7, 11) is 1.72. The number of ether oxygens (including phenoxy) is 1. The number of methoxy groups -OCH3 is 1. The third-order valence-electron chi connectivity index (χ3n) is 3.66. The Balaban J connectivity index is 1.59. The van der Waals surface area contributed by atoms with Gasteiger partial charge in [0.15, 0.2) is 0 Å². The molecule has 106 valence electrons. The largest absolute Gasteiger partial charge is 0.497 e. The molecular formula is C19H24O. The molecule has 20 heavy (non-hydrogen) atoms. The van der Waals surface area contributed by atoms with E-state index in [1.165, 1.54) is 43.2 Å². The van der Waals surface area contributed by atoms with Crippen LogP contribution in [-0.2, 0) is 12.8 Å². The molecule has 2 aromatic rings. The molecule has 0 amide bonds. The fourth-order valence-corrected chi connectivity index (χ4v) is 2.48. The molecule has 0 aliphatic heterocycles. The zero-order valence-electron chi connectivity index (χ0n) is 12.3. The van der Waals surface area contributed by atoms with Crippen LogP contribution in [0.2, 0.25) is 0 Å². The third kappa shape index (κ3) is 5.08. The Morgan fingerprint density at radius 1 is 0.700 bits per heavy atom. The maximum absolute atomic E-state index is 5.25. The lowest BCUT2D eigenvalue weighted by Crippen LogP contribution is -1.89. The molecule has 0 aliphatic carbocycles. The van der Waals surface area contributed by atoms with Crippen LogP contribution in [0.3, 0.4) is 0 Å². The zero-order chi connectivity index (χ0) is 14.0. The minimum Gasteiger partial charge on any atom is -0.497 e. The minimum atomic E-state index is 0.964. The first-order valence-electron chi connectivity index (χ1n) is 7.55. The molecule has 0 heterocycles.